The van der Waals surface area contributed by atoms with Crippen molar-refractivity contribution < 1.29 is 0 Å². The predicted molar refractivity (Wildman–Crippen MR) is 114 cm³/mol. The molecule has 128 valence electrons. The summed E-state index contributed by atoms with van der Waals surface area (Å²) in [5, 5.41) is 2.65. The van der Waals surface area contributed by atoms with Crippen molar-refractivity contribution in [3.05, 3.63) is 96.1 Å². The highest BCUT2D eigenvalue weighted by Crippen LogP contribution is 2.39. The third kappa shape index (κ3) is 2.06. The van der Waals surface area contributed by atoms with Crippen LogP contribution in [0.3, 0.4) is 0 Å². The van der Waals surface area contributed by atoms with Gasteiger partial charge in [-0.15, -0.1) is 0 Å². The summed E-state index contributed by atoms with van der Waals surface area (Å²) < 4.78 is 2.30. The van der Waals surface area contributed by atoms with Crippen LogP contribution in [0, 0.1) is 0 Å². The SMILES string of the molecule is Cn1c2ccccc2c2ccc(-c3ccc4c(c3)-c3ccccc3C4)cc21. The first kappa shape index (κ1) is 14.8. The Balaban J connectivity index is 1.55. The van der Waals surface area contributed by atoms with Crippen LogP contribution in [-0.2, 0) is 13.5 Å². The van der Waals surface area contributed by atoms with Gasteiger partial charge in [-0.25, -0.2) is 0 Å². The zero-order valence-corrected chi connectivity index (χ0v) is 15.2. The largest absolute Gasteiger partial charge is 0.344 e. The van der Waals surface area contributed by atoms with Crippen molar-refractivity contribution in [3.63, 3.8) is 0 Å². The summed E-state index contributed by atoms with van der Waals surface area (Å²) in [4.78, 5) is 0. The number of nitrogens with zero attached hydrogens (tertiary/aromatic N) is 1. The molecule has 1 aliphatic rings. The van der Waals surface area contributed by atoms with Crippen LogP contribution in [0.4, 0.5) is 0 Å². The minimum absolute atomic E-state index is 1.05. The molecule has 1 heteroatoms. The molecule has 0 saturated carbocycles. The van der Waals surface area contributed by atoms with Gasteiger partial charge in [-0.3, -0.25) is 0 Å². The van der Waals surface area contributed by atoms with Crippen LogP contribution >= 0.6 is 0 Å². The Morgan fingerprint density at radius 1 is 0.593 bits per heavy atom. The van der Waals surface area contributed by atoms with Gasteiger partial charge < -0.3 is 4.57 Å². The molecule has 5 aromatic rings. The number of aryl methyl sites for hydroxylation is 1. The molecule has 1 heterocycles. The van der Waals surface area contributed by atoms with Gasteiger partial charge in [0.15, 0.2) is 0 Å². The van der Waals surface area contributed by atoms with Gasteiger partial charge in [0, 0.05) is 28.9 Å². The quantitative estimate of drug-likeness (QED) is 0.318. The van der Waals surface area contributed by atoms with Gasteiger partial charge in [0.25, 0.3) is 0 Å². The molecule has 0 atom stereocenters. The van der Waals surface area contributed by atoms with Gasteiger partial charge in [-0.05, 0) is 58.0 Å². The molecule has 4 aromatic carbocycles. The van der Waals surface area contributed by atoms with E-state index in [1.807, 2.05) is 0 Å². The molecule has 1 aromatic heterocycles. The molecule has 6 rings (SSSR count). The molecular formula is C26H19N. The molecule has 1 nitrogen and oxygen atoms in total. The van der Waals surface area contributed by atoms with Gasteiger partial charge in [0.05, 0.1) is 0 Å². The lowest BCUT2D eigenvalue weighted by atomic mass is 9.98. The van der Waals surface area contributed by atoms with E-state index in [0.717, 1.165) is 6.42 Å². The number of benzene rings is 4. The van der Waals surface area contributed by atoms with E-state index in [1.54, 1.807) is 0 Å². The lowest BCUT2D eigenvalue weighted by molar-refractivity contribution is 1.01. The van der Waals surface area contributed by atoms with Crippen molar-refractivity contribution in [1.82, 2.24) is 4.57 Å². The van der Waals surface area contributed by atoms with Crippen molar-refractivity contribution in [3.8, 4) is 22.3 Å². The second-order valence-corrected chi connectivity index (χ2v) is 7.51. The standard InChI is InChI=1S/C26H19N/c1-27-25-9-5-4-8-22(25)23-13-12-18(16-26(23)27)17-10-11-20-14-19-6-2-3-7-21(19)24(20)15-17/h2-13,15-16H,14H2,1H3. The summed E-state index contributed by atoms with van der Waals surface area (Å²) in [5.74, 6) is 0. The maximum atomic E-state index is 2.37. The summed E-state index contributed by atoms with van der Waals surface area (Å²) in [5.41, 5.74) is 10.8. The van der Waals surface area contributed by atoms with Crippen LogP contribution in [0.2, 0.25) is 0 Å². The van der Waals surface area contributed by atoms with E-state index in [9.17, 15) is 0 Å². The van der Waals surface area contributed by atoms with E-state index in [1.165, 1.54) is 55.2 Å². The molecular weight excluding hydrogens is 326 g/mol. The molecule has 0 aliphatic heterocycles. The lowest BCUT2D eigenvalue weighted by Crippen LogP contribution is -1.87. The summed E-state index contributed by atoms with van der Waals surface area (Å²) in [6.45, 7) is 0. The van der Waals surface area contributed by atoms with Crippen molar-refractivity contribution in [1.29, 1.82) is 0 Å². The molecule has 27 heavy (non-hydrogen) atoms. The van der Waals surface area contributed by atoms with Crippen LogP contribution in [-0.4, -0.2) is 4.57 Å². The maximum Gasteiger partial charge on any atom is 0.0494 e. The Kier molecular flexibility index (Phi) is 2.93. The molecule has 0 unspecified atom stereocenters. The summed E-state index contributed by atoms with van der Waals surface area (Å²) in [7, 11) is 2.16. The van der Waals surface area contributed by atoms with E-state index in [-0.39, 0.29) is 0 Å². The molecule has 0 amide bonds. The van der Waals surface area contributed by atoms with Gasteiger partial charge in [0.2, 0.25) is 0 Å². The normalized spacial score (nSPS) is 12.5. The first-order valence-corrected chi connectivity index (χ1v) is 9.48. The van der Waals surface area contributed by atoms with Crippen LogP contribution in [0.5, 0.6) is 0 Å². The van der Waals surface area contributed by atoms with Crippen LogP contribution in [0.1, 0.15) is 11.1 Å². The Bertz CT molecular complexity index is 1350. The lowest BCUT2D eigenvalue weighted by Gasteiger charge is -2.07. The topological polar surface area (TPSA) is 4.93 Å². The predicted octanol–water partition coefficient (Wildman–Crippen LogP) is 6.57. The smallest absolute Gasteiger partial charge is 0.0494 e. The number of rotatable bonds is 1. The first-order valence-electron chi connectivity index (χ1n) is 9.48. The number of hydrogen-bond donors (Lipinski definition) is 0. The molecule has 0 fully saturated rings. The minimum Gasteiger partial charge on any atom is -0.344 e. The highest BCUT2D eigenvalue weighted by Gasteiger charge is 2.18. The molecule has 0 saturated heterocycles. The highest BCUT2D eigenvalue weighted by atomic mass is 14.9. The number of aromatic nitrogens is 1. The van der Waals surface area contributed by atoms with E-state index >= 15 is 0 Å². The van der Waals surface area contributed by atoms with Crippen molar-refractivity contribution in [2.45, 2.75) is 6.42 Å². The molecule has 0 radical (unpaired) electrons. The zero-order valence-electron chi connectivity index (χ0n) is 15.2. The van der Waals surface area contributed by atoms with Gasteiger partial charge >= 0.3 is 0 Å². The average Bonchev–Trinajstić information content (AvgIpc) is 3.23. The van der Waals surface area contributed by atoms with E-state index in [2.05, 4.69) is 96.5 Å². The van der Waals surface area contributed by atoms with E-state index in [4.69, 9.17) is 0 Å². The highest BCUT2D eigenvalue weighted by molar-refractivity contribution is 6.09. The Hall–Kier alpha value is -3.32. The van der Waals surface area contributed by atoms with Gasteiger partial charge in [0.1, 0.15) is 0 Å². The molecule has 0 spiro atoms. The number of fused-ring (bicyclic) bond motifs is 6. The Labute approximate surface area is 158 Å². The van der Waals surface area contributed by atoms with Crippen LogP contribution in [0.15, 0.2) is 84.9 Å². The fraction of sp³-hybridized carbons (Fsp3) is 0.0769. The minimum atomic E-state index is 1.05. The van der Waals surface area contributed by atoms with E-state index in [0.29, 0.717) is 0 Å². The Morgan fingerprint density at radius 2 is 1.30 bits per heavy atom. The van der Waals surface area contributed by atoms with Crippen molar-refractivity contribution >= 4 is 21.8 Å². The fourth-order valence-electron chi connectivity index (χ4n) is 4.64. The third-order valence-electron chi connectivity index (χ3n) is 6.05. The van der Waals surface area contributed by atoms with Crippen LogP contribution < -0.4 is 0 Å². The third-order valence-corrected chi connectivity index (χ3v) is 6.05. The second-order valence-electron chi connectivity index (χ2n) is 7.51. The van der Waals surface area contributed by atoms with E-state index < -0.39 is 0 Å². The van der Waals surface area contributed by atoms with Crippen molar-refractivity contribution in [2.24, 2.45) is 7.05 Å². The number of hydrogen-bond acceptors (Lipinski definition) is 0. The average molecular weight is 345 g/mol. The van der Waals surface area contributed by atoms with Gasteiger partial charge in [-0.1, -0.05) is 66.7 Å². The molecule has 1 aliphatic carbocycles. The van der Waals surface area contributed by atoms with Crippen LogP contribution in [0.25, 0.3) is 44.1 Å². The first-order chi connectivity index (χ1) is 13.3. The summed E-state index contributed by atoms with van der Waals surface area (Å²) in [6.07, 6.45) is 1.05. The fourth-order valence-corrected chi connectivity index (χ4v) is 4.64. The second kappa shape index (κ2) is 5.34. The summed E-state index contributed by atoms with van der Waals surface area (Å²) >= 11 is 0. The molecule has 0 N–H and O–H groups in total. The maximum absolute atomic E-state index is 2.37. The molecule has 0 bridgehead atoms. The number of para-hydroxylation sites is 1. The summed E-state index contributed by atoms with van der Waals surface area (Å²) in [6, 6.07) is 31.2. The Morgan fingerprint density at radius 3 is 2.26 bits per heavy atom. The monoisotopic (exact) mass is 345 g/mol. The van der Waals surface area contributed by atoms with Crippen molar-refractivity contribution in [2.75, 3.05) is 0 Å². The zero-order chi connectivity index (χ0) is 18.0. The van der Waals surface area contributed by atoms with Gasteiger partial charge in [-0.2, -0.15) is 0 Å².